The summed E-state index contributed by atoms with van der Waals surface area (Å²) in [5, 5.41) is 1.18. The van der Waals surface area contributed by atoms with E-state index in [4.69, 9.17) is 0 Å². The Labute approximate surface area is 182 Å². The fraction of sp³-hybridized carbons (Fsp3) is 0.308. The molecule has 5 heteroatoms. The molecule has 0 saturated carbocycles. The largest absolute Gasteiger partial charge is 0.366 e. The molecule has 0 unspecified atom stereocenters. The van der Waals surface area contributed by atoms with Crippen molar-refractivity contribution in [2.75, 3.05) is 19.6 Å². The Morgan fingerprint density at radius 1 is 0.903 bits per heavy atom. The fourth-order valence-electron chi connectivity index (χ4n) is 4.84. The Bertz CT molecular complexity index is 1200. The zero-order chi connectivity index (χ0) is 21.5. The molecule has 2 aliphatic rings. The first-order valence-electron chi connectivity index (χ1n) is 11.0. The molecule has 1 saturated heterocycles. The molecule has 0 N–H and O–H groups in total. The molecule has 0 atom stereocenters. The molecule has 2 aliphatic heterocycles. The second-order valence-electron chi connectivity index (χ2n) is 8.58. The van der Waals surface area contributed by atoms with Crippen LogP contribution in [0.5, 0.6) is 0 Å². The number of rotatable bonds is 5. The van der Waals surface area contributed by atoms with Crippen LogP contribution in [0.25, 0.3) is 16.5 Å². The number of aromatic nitrogens is 1. The summed E-state index contributed by atoms with van der Waals surface area (Å²) in [5.41, 5.74) is 5.43. The van der Waals surface area contributed by atoms with E-state index in [1.54, 1.807) is 0 Å². The van der Waals surface area contributed by atoms with E-state index < -0.39 is 0 Å². The SMILES string of the molecule is Cc1ccc(C2=C(N3CCCC3)C(=O)N(CCc3cn(C)c4ccccc34)C2=O)cc1. The van der Waals surface area contributed by atoms with Gasteiger partial charge in [0.2, 0.25) is 0 Å². The number of imide groups is 1. The monoisotopic (exact) mass is 413 g/mol. The zero-order valence-electron chi connectivity index (χ0n) is 18.1. The summed E-state index contributed by atoms with van der Waals surface area (Å²) >= 11 is 0. The van der Waals surface area contributed by atoms with Gasteiger partial charge in [-0.2, -0.15) is 0 Å². The van der Waals surface area contributed by atoms with Gasteiger partial charge in [-0.25, -0.2) is 0 Å². The molecule has 1 aromatic heterocycles. The number of nitrogens with zero attached hydrogens (tertiary/aromatic N) is 3. The second-order valence-corrected chi connectivity index (χ2v) is 8.58. The van der Waals surface area contributed by atoms with Crippen LogP contribution in [0.4, 0.5) is 0 Å². The molecule has 5 nitrogen and oxygen atoms in total. The van der Waals surface area contributed by atoms with E-state index in [-0.39, 0.29) is 11.8 Å². The standard InChI is InChI=1S/C26H27N3O2/c1-18-9-11-19(12-10-18)23-24(28-14-5-6-15-28)26(31)29(25(23)30)16-13-20-17-27(2)22-8-4-3-7-21(20)22/h3-4,7-12,17H,5-6,13-16H2,1-2H3. The fourth-order valence-corrected chi connectivity index (χ4v) is 4.84. The third-order valence-electron chi connectivity index (χ3n) is 6.49. The van der Waals surface area contributed by atoms with Crippen molar-refractivity contribution in [3.63, 3.8) is 0 Å². The molecule has 0 spiro atoms. The van der Waals surface area contributed by atoms with E-state index in [1.807, 2.05) is 50.4 Å². The highest BCUT2D eigenvalue weighted by molar-refractivity contribution is 6.35. The molecule has 158 valence electrons. The summed E-state index contributed by atoms with van der Waals surface area (Å²) in [6.07, 6.45) is 4.86. The van der Waals surface area contributed by atoms with Crippen LogP contribution in [0, 0.1) is 6.92 Å². The quantitative estimate of drug-likeness (QED) is 0.596. The van der Waals surface area contributed by atoms with Crippen LogP contribution < -0.4 is 0 Å². The lowest BCUT2D eigenvalue weighted by Crippen LogP contribution is -2.36. The third-order valence-corrected chi connectivity index (χ3v) is 6.49. The highest BCUT2D eigenvalue weighted by Gasteiger charge is 2.41. The van der Waals surface area contributed by atoms with Gasteiger partial charge in [-0.3, -0.25) is 14.5 Å². The Balaban J connectivity index is 1.46. The lowest BCUT2D eigenvalue weighted by atomic mass is 10.0. The second kappa shape index (κ2) is 7.73. The normalized spacial score (nSPS) is 17.0. The first kappa shape index (κ1) is 19.6. The number of fused-ring (bicyclic) bond motifs is 1. The molecule has 0 bridgehead atoms. The van der Waals surface area contributed by atoms with Gasteiger partial charge in [0.25, 0.3) is 11.8 Å². The molecular formula is C26H27N3O2. The highest BCUT2D eigenvalue weighted by atomic mass is 16.2. The van der Waals surface area contributed by atoms with Gasteiger partial charge in [0.05, 0.1) is 5.57 Å². The van der Waals surface area contributed by atoms with Crippen LogP contribution >= 0.6 is 0 Å². The minimum absolute atomic E-state index is 0.150. The van der Waals surface area contributed by atoms with Crippen molar-refractivity contribution in [1.29, 1.82) is 0 Å². The van der Waals surface area contributed by atoms with Gasteiger partial charge >= 0.3 is 0 Å². The van der Waals surface area contributed by atoms with Gasteiger partial charge in [0.1, 0.15) is 5.70 Å². The van der Waals surface area contributed by atoms with Crippen LogP contribution in [0.1, 0.15) is 29.5 Å². The Morgan fingerprint density at radius 3 is 2.35 bits per heavy atom. The predicted octanol–water partition coefficient (Wildman–Crippen LogP) is 3.91. The number of hydrogen-bond acceptors (Lipinski definition) is 3. The summed E-state index contributed by atoms with van der Waals surface area (Å²) in [4.78, 5) is 30.5. The van der Waals surface area contributed by atoms with E-state index in [0.29, 0.717) is 24.2 Å². The van der Waals surface area contributed by atoms with Gasteiger partial charge in [-0.1, -0.05) is 48.0 Å². The van der Waals surface area contributed by atoms with Crippen LogP contribution in [-0.4, -0.2) is 45.8 Å². The highest BCUT2D eigenvalue weighted by Crippen LogP contribution is 2.34. The topological polar surface area (TPSA) is 45.6 Å². The molecule has 3 heterocycles. The molecule has 2 amide bonds. The zero-order valence-corrected chi connectivity index (χ0v) is 18.1. The van der Waals surface area contributed by atoms with E-state index >= 15 is 0 Å². The number of benzene rings is 2. The van der Waals surface area contributed by atoms with Gasteiger partial charge in [0.15, 0.2) is 0 Å². The molecule has 5 rings (SSSR count). The van der Waals surface area contributed by atoms with Gasteiger partial charge in [-0.15, -0.1) is 0 Å². The van der Waals surface area contributed by atoms with Crippen molar-refractivity contribution in [3.8, 4) is 0 Å². The minimum atomic E-state index is -0.170. The molecule has 1 fully saturated rings. The van der Waals surface area contributed by atoms with Crippen LogP contribution in [0.3, 0.4) is 0 Å². The predicted molar refractivity (Wildman–Crippen MR) is 122 cm³/mol. The van der Waals surface area contributed by atoms with E-state index in [1.165, 1.54) is 10.3 Å². The summed E-state index contributed by atoms with van der Waals surface area (Å²) in [6.45, 7) is 4.08. The van der Waals surface area contributed by atoms with Crippen molar-refractivity contribution in [3.05, 3.63) is 77.1 Å². The molecule has 3 aromatic rings. The van der Waals surface area contributed by atoms with Crippen molar-refractivity contribution >= 4 is 28.3 Å². The number of hydrogen-bond donors (Lipinski definition) is 0. The smallest absolute Gasteiger partial charge is 0.277 e. The molecule has 31 heavy (non-hydrogen) atoms. The van der Waals surface area contributed by atoms with Crippen molar-refractivity contribution in [2.45, 2.75) is 26.2 Å². The number of amides is 2. The van der Waals surface area contributed by atoms with E-state index in [0.717, 1.165) is 48.1 Å². The van der Waals surface area contributed by atoms with Gasteiger partial charge in [0, 0.05) is 43.8 Å². The summed E-state index contributed by atoms with van der Waals surface area (Å²) in [5.74, 6) is -0.321. The average molecular weight is 414 g/mol. The average Bonchev–Trinajstić information content (AvgIpc) is 3.46. The van der Waals surface area contributed by atoms with Gasteiger partial charge < -0.3 is 9.47 Å². The summed E-state index contributed by atoms with van der Waals surface area (Å²) in [7, 11) is 2.03. The number of carbonyl (C=O) groups excluding carboxylic acids is 2. The molecular weight excluding hydrogens is 386 g/mol. The van der Waals surface area contributed by atoms with Crippen molar-refractivity contribution in [2.24, 2.45) is 7.05 Å². The maximum atomic E-state index is 13.5. The number of para-hydroxylation sites is 1. The third kappa shape index (κ3) is 3.34. The van der Waals surface area contributed by atoms with E-state index in [9.17, 15) is 9.59 Å². The van der Waals surface area contributed by atoms with Crippen LogP contribution in [0.2, 0.25) is 0 Å². The first-order chi connectivity index (χ1) is 15.0. The van der Waals surface area contributed by atoms with Gasteiger partial charge in [-0.05, 0) is 43.4 Å². The first-order valence-corrected chi connectivity index (χ1v) is 11.0. The molecule has 0 aliphatic carbocycles. The number of carbonyl (C=O) groups is 2. The molecule has 0 radical (unpaired) electrons. The van der Waals surface area contributed by atoms with Crippen molar-refractivity contribution < 1.29 is 9.59 Å². The Kier molecular flexibility index (Phi) is 4.89. The maximum Gasteiger partial charge on any atom is 0.277 e. The maximum absolute atomic E-state index is 13.5. The Hall–Kier alpha value is -3.34. The molecule has 2 aromatic carbocycles. The van der Waals surface area contributed by atoms with Crippen LogP contribution in [-0.2, 0) is 23.1 Å². The lowest BCUT2D eigenvalue weighted by Gasteiger charge is -2.20. The number of likely N-dealkylation sites (tertiary alicyclic amines) is 1. The minimum Gasteiger partial charge on any atom is -0.366 e. The van der Waals surface area contributed by atoms with Crippen LogP contribution in [0.15, 0.2) is 60.4 Å². The van der Waals surface area contributed by atoms with Crippen molar-refractivity contribution in [1.82, 2.24) is 14.4 Å². The summed E-state index contributed by atoms with van der Waals surface area (Å²) < 4.78 is 2.10. The Morgan fingerprint density at radius 2 is 1.61 bits per heavy atom. The number of aryl methyl sites for hydroxylation is 2. The summed E-state index contributed by atoms with van der Waals surface area (Å²) in [6, 6.07) is 16.2. The lowest BCUT2D eigenvalue weighted by molar-refractivity contribution is -0.137. The van der Waals surface area contributed by atoms with E-state index in [2.05, 4.69) is 27.8 Å².